The van der Waals surface area contributed by atoms with Crippen LogP contribution in [0.2, 0.25) is 0 Å². The van der Waals surface area contributed by atoms with Crippen LogP contribution in [0.1, 0.15) is 5.56 Å². The summed E-state index contributed by atoms with van der Waals surface area (Å²) in [5.74, 6) is -0.674. The van der Waals surface area contributed by atoms with Gasteiger partial charge in [0.2, 0.25) is 0 Å². The summed E-state index contributed by atoms with van der Waals surface area (Å²) in [6.45, 7) is -0.707. The number of ether oxygens (including phenoxy) is 2. The molecule has 0 fully saturated rings. The molecule has 1 aromatic rings. The third-order valence-corrected chi connectivity index (χ3v) is 2.01. The maximum atomic E-state index is 13.4. The minimum atomic E-state index is -4.70. The highest BCUT2D eigenvalue weighted by Crippen LogP contribution is 2.23. The topological polar surface area (TPSA) is 30.5 Å². The summed E-state index contributed by atoms with van der Waals surface area (Å²) in [4.78, 5) is 0. The summed E-state index contributed by atoms with van der Waals surface area (Å²) >= 11 is 0. The fourth-order valence-electron chi connectivity index (χ4n) is 1.35. The lowest BCUT2D eigenvalue weighted by Gasteiger charge is -2.13. The summed E-state index contributed by atoms with van der Waals surface area (Å²) in [5.41, 5.74) is 0.532. The summed E-state index contributed by atoms with van der Waals surface area (Å²) < 4.78 is 57.0. The molecule has 18 heavy (non-hydrogen) atoms. The number of hydrogen-bond acceptors (Lipinski definition) is 3. The second kappa shape index (κ2) is 6.55. The van der Waals surface area contributed by atoms with Crippen molar-refractivity contribution < 1.29 is 27.0 Å². The largest absolute Gasteiger partial charge is 0.522 e. The Labute approximate surface area is 102 Å². The quantitative estimate of drug-likeness (QED) is 0.634. The van der Waals surface area contributed by atoms with Gasteiger partial charge < -0.3 is 10.1 Å². The van der Waals surface area contributed by atoms with Gasteiger partial charge in [-0.25, -0.2) is 4.39 Å². The first-order chi connectivity index (χ1) is 8.44. The highest BCUT2D eigenvalue weighted by Gasteiger charge is 2.28. The van der Waals surface area contributed by atoms with Crippen molar-refractivity contribution >= 4 is 0 Å². The Morgan fingerprint density at radius 3 is 2.56 bits per heavy atom. The van der Waals surface area contributed by atoms with Crippen LogP contribution in [0.5, 0.6) is 5.75 Å². The van der Waals surface area contributed by atoms with Crippen molar-refractivity contribution in [2.45, 2.75) is 12.9 Å². The molecule has 0 spiro atoms. The molecule has 3 nitrogen and oxygen atoms in total. The van der Waals surface area contributed by atoms with Crippen molar-refractivity contribution in [3.05, 3.63) is 29.6 Å². The van der Waals surface area contributed by atoms with Gasteiger partial charge in [0, 0.05) is 12.1 Å². The molecule has 1 aromatic carbocycles. The molecule has 0 saturated carbocycles. The lowest BCUT2D eigenvalue weighted by atomic mass is 10.2. The number of halogens is 4. The van der Waals surface area contributed by atoms with Gasteiger partial charge in [-0.05, 0) is 13.1 Å². The minimum Gasteiger partial charge on any atom is -0.488 e. The van der Waals surface area contributed by atoms with E-state index in [0.29, 0.717) is 12.1 Å². The predicted molar refractivity (Wildman–Crippen MR) is 56.7 cm³/mol. The molecule has 0 radical (unpaired) electrons. The van der Waals surface area contributed by atoms with Crippen LogP contribution in [0.25, 0.3) is 0 Å². The number of hydrogen-bond donors (Lipinski definition) is 1. The molecular weight excluding hydrogens is 254 g/mol. The molecule has 0 heterocycles. The van der Waals surface area contributed by atoms with E-state index >= 15 is 0 Å². The molecule has 102 valence electrons. The van der Waals surface area contributed by atoms with E-state index in [4.69, 9.17) is 4.74 Å². The van der Waals surface area contributed by atoms with Crippen LogP contribution in [0.3, 0.4) is 0 Å². The highest BCUT2D eigenvalue weighted by molar-refractivity contribution is 5.34. The van der Waals surface area contributed by atoms with Crippen molar-refractivity contribution in [1.29, 1.82) is 0 Å². The summed E-state index contributed by atoms with van der Waals surface area (Å²) in [6, 6.07) is 4.31. The zero-order valence-corrected chi connectivity index (χ0v) is 9.68. The second-order valence-electron chi connectivity index (χ2n) is 3.40. The van der Waals surface area contributed by atoms with Crippen molar-refractivity contribution in [3.8, 4) is 5.75 Å². The minimum absolute atomic E-state index is 0.0578. The average Bonchev–Trinajstić information content (AvgIpc) is 2.26. The third kappa shape index (κ3) is 4.89. The molecule has 0 atom stereocenters. The van der Waals surface area contributed by atoms with Crippen LogP contribution in [-0.4, -0.2) is 26.6 Å². The number of rotatable bonds is 6. The molecule has 0 saturated heterocycles. The van der Waals surface area contributed by atoms with E-state index < -0.39 is 18.8 Å². The molecule has 1 rings (SSSR count). The monoisotopic (exact) mass is 267 g/mol. The summed E-state index contributed by atoms with van der Waals surface area (Å²) in [6.07, 6.45) is -4.70. The zero-order chi connectivity index (χ0) is 13.6. The predicted octanol–water partition coefficient (Wildman–Crippen LogP) is 2.46. The molecule has 0 aliphatic heterocycles. The lowest BCUT2D eigenvalue weighted by molar-refractivity contribution is -0.325. The lowest BCUT2D eigenvalue weighted by Crippen LogP contribution is -2.19. The molecule has 0 aliphatic carbocycles. The molecule has 0 aliphatic rings. The molecule has 0 aromatic heterocycles. The van der Waals surface area contributed by atoms with Crippen LogP contribution in [0.15, 0.2) is 18.2 Å². The molecular formula is C11H13F4NO2. The van der Waals surface area contributed by atoms with E-state index in [-0.39, 0.29) is 12.4 Å². The van der Waals surface area contributed by atoms with Gasteiger partial charge in [-0.2, -0.15) is 0 Å². The summed E-state index contributed by atoms with van der Waals surface area (Å²) in [5, 5.41) is 2.81. The van der Waals surface area contributed by atoms with Gasteiger partial charge >= 0.3 is 6.36 Å². The Balaban J connectivity index is 2.55. The number of para-hydroxylation sites is 1. The Morgan fingerprint density at radius 1 is 1.22 bits per heavy atom. The Bertz CT molecular complexity index is 382. The Kier molecular flexibility index (Phi) is 5.36. The maximum Gasteiger partial charge on any atom is 0.522 e. The first-order valence-electron chi connectivity index (χ1n) is 5.19. The average molecular weight is 267 g/mol. The van der Waals surface area contributed by atoms with Crippen molar-refractivity contribution in [3.63, 3.8) is 0 Å². The van der Waals surface area contributed by atoms with Gasteiger partial charge in [-0.15, -0.1) is 13.2 Å². The first-order valence-corrected chi connectivity index (χ1v) is 5.19. The van der Waals surface area contributed by atoms with Crippen LogP contribution in [0, 0.1) is 5.82 Å². The number of nitrogens with one attached hydrogen (secondary N) is 1. The smallest absolute Gasteiger partial charge is 0.488 e. The van der Waals surface area contributed by atoms with Crippen LogP contribution in [-0.2, 0) is 11.3 Å². The molecule has 0 bridgehead atoms. The van der Waals surface area contributed by atoms with Crippen LogP contribution < -0.4 is 10.1 Å². The SMILES string of the molecule is CNCc1cccc(F)c1OCCOC(F)(F)F. The molecule has 1 N–H and O–H groups in total. The van der Waals surface area contributed by atoms with E-state index in [1.54, 1.807) is 13.1 Å². The fraction of sp³-hybridized carbons (Fsp3) is 0.455. The molecule has 0 amide bonds. The normalized spacial score (nSPS) is 11.6. The van der Waals surface area contributed by atoms with Crippen LogP contribution in [0.4, 0.5) is 17.6 Å². The molecule has 7 heteroatoms. The van der Waals surface area contributed by atoms with Crippen molar-refractivity contribution in [2.24, 2.45) is 0 Å². The second-order valence-corrected chi connectivity index (χ2v) is 3.40. The van der Waals surface area contributed by atoms with Gasteiger partial charge in [0.05, 0.1) is 6.61 Å². The van der Waals surface area contributed by atoms with Crippen molar-refractivity contribution in [1.82, 2.24) is 5.32 Å². The molecule has 0 unspecified atom stereocenters. The Morgan fingerprint density at radius 2 is 1.94 bits per heavy atom. The first kappa shape index (κ1) is 14.7. The van der Waals surface area contributed by atoms with Crippen LogP contribution >= 0.6 is 0 Å². The Hall–Kier alpha value is -1.34. The van der Waals surface area contributed by atoms with E-state index in [1.807, 2.05) is 0 Å². The van der Waals surface area contributed by atoms with Crippen molar-refractivity contribution in [2.75, 3.05) is 20.3 Å². The van der Waals surface area contributed by atoms with Gasteiger partial charge in [-0.1, -0.05) is 12.1 Å². The van der Waals surface area contributed by atoms with E-state index in [1.165, 1.54) is 12.1 Å². The van der Waals surface area contributed by atoms with Gasteiger partial charge in [0.25, 0.3) is 0 Å². The fourth-order valence-corrected chi connectivity index (χ4v) is 1.35. The van der Waals surface area contributed by atoms with E-state index in [2.05, 4.69) is 10.1 Å². The standard InChI is InChI=1S/C11H13F4NO2/c1-16-7-8-3-2-4-9(12)10(8)17-5-6-18-11(13,14)15/h2-4,16H,5-7H2,1H3. The summed E-state index contributed by atoms with van der Waals surface area (Å²) in [7, 11) is 1.67. The number of benzene rings is 1. The third-order valence-electron chi connectivity index (χ3n) is 2.01. The zero-order valence-electron chi connectivity index (χ0n) is 9.68. The van der Waals surface area contributed by atoms with Gasteiger partial charge in [0.15, 0.2) is 11.6 Å². The van der Waals surface area contributed by atoms with E-state index in [0.717, 1.165) is 0 Å². The number of alkyl halides is 3. The van der Waals surface area contributed by atoms with E-state index in [9.17, 15) is 17.6 Å². The van der Waals surface area contributed by atoms with Gasteiger partial charge in [0.1, 0.15) is 6.61 Å². The van der Waals surface area contributed by atoms with Gasteiger partial charge in [-0.3, -0.25) is 4.74 Å². The highest BCUT2D eigenvalue weighted by atomic mass is 19.4. The maximum absolute atomic E-state index is 13.4.